The minimum absolute atomic E-state index is 0.272. The van der Waals surface area contributed by atoms with E-state index in [0.717, 1.165) is 99.6 Å². The van der Waals surface area contributed by atoms with Gasteiger partial charge in [0, 0.05) is 32.7 Å². The van der Waals surface area contributed by atoms with Gasteiger partial charge >= 0.3 is 0 Å². The standard InChI is InChI=1S/C70H50F2N2/c1-69(2)53-23-13-11-21-49(53)67-55(69)25-15-27-63(67)73(61-39-33-47(41-57(61)71)43-17-7-5-8-18-43)59-37-31-45-30-36-52-60(38-32-46-29-35-51(59)65(45)66(46)52)74(62-40-34-48(42-58(62)72)44-19-9-6-10-20-44)64-28-16-26-56-68(64)50-22-12-14-24-54(50)70(56,3)4/h5-42H,1-4H3. The predicted octanol–water partition coefficient (Wildman–Crippen LogP) is 19.7. The maximum atomic E-state index is 17.5. The van der Waals surface area contributed by atoms with Gasteiger partial charge in [0.05, 0.1) is 34.1 Å². The molecule has 2 aliphatic rings. The molecule has 2 nitrogen and oxygen atoms in total. The van der Waals surface area contributed by atoms with Crippen molar-refractivity contribution in [1.82, 2.24) is 0 Å². The van der Waals surface area contributed by atoms with Gasteiger partial charge in [-0.2, -0.15) is 0 Å². The molecule has 14 rings (SSSR count). The fraction of sp³-hybridized carbons (Fsp3) is 0.0857. The summed E-state index contributed by atoms with van der Waals surface area (Å²) in [6, 6.07) is 79.0. The first-order chi connectivity index (χ1) is 36.1. The molecule has 0 aromatic heterocycles. The number of hydrogen-bond acceptors (Lipinski definition) is 2. The largest absolute Gasteiger partial charge is 0.306 e. The average molecular weight is 957 g/mol. The number of fused-ring (bicyclic) bond motifs is 6. The number of benzene rings is 12. The summed E-state index contributed by atoms with van der Waals surface area (Å²) in [7, 11) is 0. The van der Waals surface area contributed by atoms with Gasteiger partial charge in [0.15, 0.2) is 0 Å². The van der Waals surface area contributed by atoms with Crippen LogP contribution in [-0.4, -0.2) is 0 Å². The van der Waals surface area contributed by atoms with E-state index in [-0.39, 0.29) is 22.5 Å². The minimum atomic E-state index is -0.321. The molecular weight excluding hydrogens is 907 g/mol. The summed E-state index contributed by atoms with van der Waals surface area (Å²) >= 11 is 0. The highest BCUT2D eigenvalue weighted by atomic mass is 19.1. The number of halogens is 2. The van der Waals surface area contributed by atoms with Crippen molar-refractivity contribution in [3.63, 3.8) is 0 Å². The molecule has 0 saturated carbocycles. The number of anilines is 6. The van der Waals surface area contributed by atoms with Gasteiger partial charge < -0.3 is 9.80 Å². The molecule has 0 spiro atoms. The molecule has 0 heterocycles. The fourth-order valence-corrected chi connectivity index (χ4v) is 12.8. The average Bonchev–Trinajstić information content (AvgIpc) is 3.91. The Kier molecular flexibility index (Phi) is 9.68. The smallest absolute Gasteiger partial charge is 0.147 e. The van der Waals surface area contributed by atoms with Gasteiger partial charge in [-0.25, -0.2) is 8.78 Å². The predicted molar refractivity (Wildman–Crippen MR) is 305 cm³/mol. The minimum Gasteiger partial charge on any atom is -0.306 e. The van der Waals surface area contributed by atoms with E-state index in [9.17, 15) is 0 Å². The topological polar surface area (TPSA) is 6.48 Å². The van der Waals surface area contributed by atoms with Gasteiger partial charge in [-0.1, -0.05) is 210 Å². The molecule has 0 saturated heterocycles. The Balaban J connectivity index is 1.03. The lowest BCUT2D eigenvalue weighted by molar-refractivity contribution is 0.629. The molecule has 4 heteroatoms. The third-order valence-electron chi connectivity index (χ3n) is 16.3. The highest BCUT2D eigenvalue weighted by Gasteiger charge is 2.40. The van der Waals surface area contributed by atoms with Crippen LogP contribution in [0.1, 0.15) is 49.9 Å². The van der Waals surface area contributed by atoms with E-state index < -0.39 is 0 Å². The van der Waals surface area contributed by atoms with Crippen molar-refractivity contribution >= 4 is 66.4 Å². The van der Waals surface area contributed by atoms with Gasteiger partial charge in [0.1, 0.15) is 11.6 Å². The van der Waals surface area contributed by atoms with E-state index >= 15 is 8.78 Å². The van der Waals surface area contributed by atoms with E-state index in [0.29, 0.717) is 11.4 Å². The highest BCUT2D eigenvalue weighted by molar-refractivity contribution is 6.28. The summed E-state index contributed by atoms with van der Waals surface area (Å²) < 4.78 is 35.1. The van der Waals surface area contributed by atoms with Crippen LogP contribution in [-0.2, 0) is 10.8 Å². The second kappa shape index (κ2) is 16.3. The molecule has 0 radical (unpaired) electrons. The SMILES string of the molecule is CC1(C)c2ccccc2-c2c(N(c3ccc(-c4ccccc4)cc3F)c3ccc4ccc5c(N(c6ccc(-c7ccccc7)cc6F)c6cccc7c6-c6ccccc6C7(C)C)ccc6ccc3c4c65)cccc21. The Labute approximate surface area is 430 Å². The highest BCUT2D eigenvalue weighted by Crippen LogP contribution is 2.58. The van der Waals surface area contributed by atoms with Crippen molar-refractivity contribution in [2.75, 3.05) is 9.80 Å². The molecule has 74 heavy (non-hydrogen) atoms. The summed E-state index contributed by atoms with van der Waals surface area (Å²) in [6.07, 6.45) is 0. The van der Waals surface area contributed by atoms with Gasteiger partial charge in [-0.05, 0) is 126 Å². The number of rotatable bonds is 8. The first-order valence-electron chi connectivity index (χ1n) is 25.6. The molecule has 2 aliphatic carbocycles. The van der Waals surface area contributed by atoms with Crippen LogP contribution in [0.4, 0.5) is 42.9 Å². The van der Waals surface area contributed by atoms with E-state index in [4.69, 9.17) is 0 Å². The quantitative estimate of drug-likeness (QED) is 0.140. The molecule has 12 aromatic carbocycles. The lowest BCUT2D eigenvalue weighted by Crippen LogP contribution is -2.17. The second-order valence-corrected chi connectivity index (χ2v) is 21.1. The van der Waals surface area contributed by atoms with E-state index in [1.807, 2.05) is 84.9 Å². The molecule has 0 amide bonds. The molecule has 0 bridgehead atoms. The Morgan fingerprint density at radius 2 is 0.662 bits per heavy atom. The van der Waals surface area contributed by atoms with Crippen LogP contribution in [0.5, 0.6) is 0 Å². The first kappa shape index (κ1) is 43.9. The van der Waals surface area contributed by atoms with Crippen LogP contribution in [0.2, 0.25) is 0 Å². The normalized spacial score (nSPS) is 13.8. The number of hydrogen-bond donors (Lipinski definition) is 0. The molecule has 0 atom stereocenters. The fourth-order valence-electron chi connectivity index (χ4n) is 12.8. The van der Waals surface area contributed by atoms with Gasteiger partial charge in [-0.3, -0.25) is 0 Å². The van der Waals surface area contributed by atoms with Crippen LogP contribution in [0.25, 0.3) is 76.8 Å². The molecule has 0 fully saturated rings. The van der Waals surface area contributed by atoms with Crippen LogP contribution in [0.3, 0.4) is 0 Å². The maximum Gasteiger partial charge on any atom is 0.147 e. The van der Waals surface area contributed by atoms with Gasteiger partial charge in [0.2, 0.25) is 0 Å². The van der Waals surface area contributed by atoms with Crippen LogP contribution < -0.4 is 9.80 Å². The van der Waals surface area contributed by atoms with Crippen molar-refractivity contribution in [3.05, 3.63) is 264 Å². The lowest BCUT2D eigenvalue weighted by atomic mass is 9.82. The van der Waals surface area contributed by atoms with Crippen LogP contribution in [0, 0.1) is 11.6 Å². The molecule has 0 aliphatic heterocycles. The van der Waals surface area contributed by atoms with Crippen molar-refractivity contribution < 1.29 is 8.78 Å². The van der Waals surface area contributed by atoms with Gasteiger partial charge in [0.25, 0.3) is 0 Å². The van der Waals surface area contributed by atoms with E-state index in [2.05, 4.69) is 171 Å². The maximum absolute atomic E-state index is 17.5. The summed E-state index contributed by atoms with van der Waals surface area (Å²) in [5, 5.41) is 6.20. The Hall–Kier alpha value is -8.86. The summed E-state index contributed by atoms with van der Waals surface area (Å²) in [5.41, 5.74) is 16.8. The zero-order chi connectivity index (χ0) is 50.0. The monoisotopic (exact) mass is 956 g/mol. The van der Waals surface area contributed by atoms with Crippen molar-refractivity contribution in [1.29, 1.82) is 0 Å². The lowest BCUT2D eigenvalue weighted by Gasteiger charge is -2.32. The summed E-state index contributed by atoms with van der Waals surface area (Å²) in [4.78, 5) is 4.30. The van der Waals surface area contributed by atoms with Crippen molar-refractivity contribution in [2.45, 2.75) is 38.5 Å². The Morgan fingerprint density at radius 3 is 1.08 bits per heavy atom. The molecule has 0 unspecified atom stereocenters. The number of nitrogens with zero attached hydrogens (tertiary/aromatic N) is 2. The third kappa shape index (κ3) is 6.40. The zero-order valence-electron chi connectivity index (χ0n) is 41.6. The van der Waals surface area contributed by atoms with Crippen molar-refractivity contribution in [2.24, 2.45) is 0 Å². The molecule has 0 N–H and O–H groups in total. The van der Waals surface area contributed by atoms with E-state index in [1.165, 1.54) is 22.3 Å². The molecule has 12 aromatic rings. The van der Waals surface area contributed by atoms with Crippen molar-refractivity contribution in [3.8, 4) is 44.5 Å². The summed E-state index contributed by atoms with van der Waals surface area (Å²) in [6.45, 7) is 9.13. The first-order valence-corrected chi connectivity index (χ1v) is 25.6. The Morgan fingerprint density at radius 1 is 0.297 bits per heavy atom. The second-order valence-electron chi connectivity index (χ2n) is 21.1. The Bertz CT molecular complexity index is 3960. The van der Waals surface area contributed by atoms with Crippen LogP contribution in [0.15, 0.2) is 231 Å². The third-order valence-corrected chi connectivity index (χ3v) is 16.3. The van der Waals surface area contributed by atoms with Gasteiger partial charge in [-0.15, -0.1) is 0 Å². The summed E-state index contributed by atoms with van der Waals surface area (Å²) in [5.74, 6) is -0.642. The van der Waals surface area contributed by atoms with Crippen LogP contribution >= 0.6 is 0 Å². The van der Waals surface area contributed by atoms with E-state index in [1.54, 1.807) is 12.1 Å². The molecule has 354 valence electrons. The molecular formula is C70H50F2N2. The zero-order valence-corrected chi connectivity index (χ0v) is 41.6.